The zero-order valence-electron chi connectivity index (χ0n) is 5.56. The van der Waals surface area contributed by atoms with Gasteiger partial charge in [-0.25, -0.2) is 0 Å². The van der Waals surface area contributed by atoms with Crippen molar-refractivity contribution in [3.63, 3.8) is 0 Å². The van der Waals surface area contributed by atoms with Crippen LogP contribution < -0.4 is 0 Å². The summed E-state index contributed by atoms with van der Waals surface area (Å²) in [5, 5.41) is 8.14. The van der Waals surface area contributed by atoms with Crippen molar-refractivity contribution in [1.82, 2.24) is 0 Å². The van der Waals surface area contributed by atoms with Gasteiger partial charge < -0.3 is 5.11 Å². The van der Waals surface area contributed by atoms with E-state index in [4.69, 9.17) is 5.11 Å². The molecule has 64 valence electrons. The highest BCUT2D eigenvalue weighted by Gasteiger charge is 2.55. The molecule has 1 aliphatic carbocycles. The van der Waals surface area contributed by atoms with E-state index in [9.17, 15) is 18.0 Å². The Kier molecular flexibility index (Phi) is 1.82. The van der Waals surface area contributed by atoms with Gasteiger partial charge >= 0.3 is 12.1 Å². The van der Waals surface area contributed by atoms with E-state index < -0.39 is 24.0 Å². The highest BCUT2D eigenvalue weighted by molar-refractivity contribution is 5.67. The fourth-order valence-corrected chi connectivity index (χ4v) is 1.10. The van der Waals surface area contributed by atoms with Crippen molar-refractivity contribution in [2.24, 2.45) is 11.8 Å². The maximum atomic E-state index is 11.7. The van der Waals surface area contributed by atoms with E-state index in [1.54, 1.807) is 0 Å². The van der Waals surface area contributed by atoms with Crippen LogP contribution in [0.2, 0.25) is 0 Å². The summed E-state index contributed by atoms with van der Waals surface area (Å²) in [5.74, 6) is -3.19. The summed E-state index contributed by atoms with van der Waals surface area (Å²) < 4.78 is 35.2. The minimum absolute atomic E-state index is 0.0181. The first-order chi connectivity index (χ1) is 4.91. The number of rotatable bonds is 2. The highest BCUT2D eigenvalue weighted by atomic mass is 19.4. The maximum Gasteiger partial charge on any atom is 0.392 e. The Morgan fingerprint density at radius 1 is 1.55 bits per heavy atom. The summed E-state index contributed by atoms with van der Waals surface area (Å²) in [5.41, 5.74) is 0. The number of aliphatic carboxylic acids is 1. The Balaban J connectivity index is 2.32. The minimum Gasteiger partial charge on any atom is -0.481 e. The van der Waals surface area contributed by atoms with E-state index in [0.717, 1.165) is 0 Å². The van der Waals surface area contributed by atoms with Crippen LogP contribution >= 0.6 is 0 Å². The Morgan fingerprint density at radius 2 is 2.09 bits per heavy atom. The van der Waals surface area contributed by atoms with Gasteiger partial charge in [-0.2, -0.15) is 13.2 Å². The van der Waals surface area contributed by atoms with Crippen LogP contribution in [0.1, 0.15) is 12.8 Å². The first kappa shape index (κ1) is 8.36. The Hall–Kier alpha value is -0.740. The van der Waals surface area contributed by atoms with E-state index in [2.05, 4.69) is 0 Å². The van der Waals surface area contributed by atoms with Crippen LogP contribution in [0.15, 0.2) is 0 Å². The summed E-state index contributed by atoms with van der Waals surface area (Å²) in [6.45, 7) is 0. The van der Waals surface area contributed by atoms with Crippen molar-refractivity contribution < 1.29 is 23.1 Å². The number of hydrogen-bond donors (Lipinski definition) is 1. The lowest BCUT2D eigenvalue weighted by atomic mass is 10.2. The third kappa shape index (κ3) is 2.10. The van der Waals surface area contributed by atoms with E-state index >= 15 is 0 Å². The molecule has 0 heterocycles. The number of alkyl halides is 3. The molecule has 1 saturated carbocycles. The second kappa shape index (κ2) is 2.39. The number of halogens is 3. The van der Waals surface area contributed by atoms with Gasteiger partial charge in [0.2, 0.25) is 0 Å². The Bertz CT molecular complexity index is 175. The molecule has 1 rings (SSSR count). The van der Waals surface area contributed by atoms with Crippen LogP contribution in [0, 0.1) is 11.8 Å². The molecule has 0 radical (unpaired) electrons. The average molecular weight is 168 g/mol. The van der Waals surface area contributed by atoms with Gasteiger partial charge in [0.15, 0.2) is 0 Å². The third-order valence-corrected chi connectivity index (χ3v) is 1.78. The normalized spacial score (nSPS) is 30.1. The molecule has 0 aromatic heterocycles. The van der Waals surface area contributed by atoms with Crippen LogP contribution in [0.3, 0.4) is 0 Å². The molecule has 0 aliphatic heterocycles. The third-order valence-electron chi connectivity index (χ3n) is 1.78. The summed E-state index contributed by atoms with van der Waals surface area (Å²) in [4.78, 5) is 9.95. The summed E-state index contributed by atoms with van der Waals surface area (Å²) in [6, 6.07) is 0. The van der Waals surface area contributed by atoms with Crippen molar-refractivity contribution in [2.45, 2.75) is 19.0 Å². The molecule has 2 nitrogen and oxygen atoms in total. The molecule has 2 unspecified atom stereocenters. The van der Waals surface area contributed by atoms with Gasteiger partial charge in [0.25, 0.3) is 0 Å². The first-order valence-electron chi connectivity index (χ1n) is 3.19. The van der Waals surface area contributed by atoms with Gasteiger partial charge in [-0.3, -0.25) is 4.79 Å². The van der Waals surface area contributed by atoms with Crippen molar-refractivity contribution in [2.75, 3.05) is 0 Å². The molecule has 1 N–H and O–H groups in total. The summed E-state index contributed by atoms with van der Waals surface area (Å²) >= 11 is 0. The summed E-state index contributed by atoms with van der Waals surface area (Å²) in [6.07, 6.45) is -4.57. The molecular formula is C6H7F3O2. The molecule has 0 amide bonds. The SMILES string of the molecule is O=C(O)CC1CC1C(F)(F)F. The fraction of sp³-hybridized carbons (Fsp3) is 0.833. The lowest BCUT2D eigenvalue weighted by Crippen LogP contribution is -2.12. The van der Waals surface area contributed by atoms with Crippen molar-refractivity contribution in [3.05, 3.63) is 0 Å². The first-order valence-corrected chi connectivity index (χ1v) is 3.19. The van der Waals surface area contributed by atoms with Gasteiger partial charge in [0.05, 0.1) is 5.92 Å². The zero-order chi connectivity index (χ0) is 8.65. The molecule has 11 heavy (non-hydrogen) atoms. The average Bonchev–Trinajstić information content (AvgIpc) is 2.40. The minimum atomic E-state index is -4.19. The van der Waals surface area contributed by atoms with Gasteiger partial charge in [0, 0.05) is 6.42 Å². The highest BCUT2D eigenvalue weighted by Crippen LogP contribution is 2.51. The van der Waals surface area contributed by atoms with Crippen LogP contribution in [0.25, 0.3) is 0 Å². The fourth-order valence-electron chi connectivity index (χ4n) is 1.10. The van der Waals surface area contributed by atoms with E-state index in [1.807, 2.05) is 0 Å². The zero-order valence-corrected chi connectivity index (χ0v) is 5.56. The molecular weight excluding hydrogens is 161 g/mol. The van der Waals surface area contributed by atoms with Crippen LogP contribution in [0.5, 0.6) is 0 Å². The molecule has 0 aromatic rings. The van der Waals surface area contributed by atoms with Crippen molar-refractivity contribution in [1.29, 1.82) is 0 Å². The largest absolute Gasteiger partial charge is 0.481 e. The van der Waals surface area contributed by atoms with Gasteiger partial charge in [-0.05, 0) is 12.3 Å². The molecule has 0 saturated heterocycles. The maximum absolute atomic E-state index is 11.7. The quantitative estimate of drug-likeness (QED) is 0.680. The lowest BCUT2D eigenvalue weighted by Gasteiger charge is -2.02. The van der Waals surface area contributed by atoms with Gasteiger partial charge in [-0.1, -0.05) is 0 Å². The number of carbonyl (C=O) groups is 1. The van der Waals surface area contributed by atoms with E-state index in [0.29, 0.717) is 0 Å². The van der Waals surface area contributed by atoms with E-state index in [1.165, 1.54) is 0 Å². The topological polar surface area (TPSA) is 37.3 Å². The van der Waals surface area contributed by atoms with Crippen molar-refractivity contribution in [3.8, 4) is 0 Å². The van der Waals surface area contributed by atoms with E-state index in [-0.39, 0.29) is 12.8 Å². The monoisotopic (exact) mass is 168 g/mol. The molecule has 1 aliphatic rings. The predicted octanol–water partition coefficient (Wildman–Crippen LogP) is 1.66. The molecule has 0 bridgehead atoms. The molecule has 2 atom stereocenters. The van der Waals surface area contributed by atoms with Gasteiger partial charge in [0.1, 0.15) is 0 Å². The smallest absolute Gasteiger partial charge is 0.392 e. The second-order valence-electron chi connectivity index (χ2n) is 2.74. The molecule has 0 aromatic carbocycles. The summed E-state index contributed by atoms with van der Waals surface area (Å²) in [7, 11) is 0. The molecule has 1 fully saturated rings. The number of carboxylic acids is 1. The standard InChI is InChI=1S/C6H7F3O2/c7-6(8,9)4-1-3(4)2-5(10)11/h3-4H,1-2H2,(H,10,11). The number of hydrogen-bond acceptors (Lipinski definition) is 1. The number of carboxylic acid groups (broad SMARTS) is 1. The molecule has 0 spiro atoms. The van der Waals surface area contributed by atoms with Crippen LogP contribution in [0.4, 0.5) is 13.2 Å². The second-order valence-corrected chi connectivity index (χ2v) is 2.74. The Morgan fingerprint density at radius 3 is 2.36 bits per heavy atom. The predicted molar refractivity (Wildman–Crippen MR) is 29.9 cm³/mol. The van der Waals surface area contributed by atoms with Crippen LogP contribution in [-0.2, 0) is 4.79 Å². The lowest BCUT2D eigenvalue weighted by molar-refractivity contribution is -0.152. The Labute approximate surface area is 61.0 Å². The van der Waals surface area contributed by atoms with Gasteiger partial charge in [-0.15, -0.1) is 0 Å². The van der Waals surface area contributed by atoms with Crippen LogP contribution in [-0.4, -0.2) is 17.3 Å². The van der Waals surface area contributed by atoms with Crippen molar-refractivity contribution >= 4 is 5.97 Å². The molecule has 5 heteroatoms.